The second kappa shape index (κ2) is 13.2. The Bertz CT molecular complexity index is 1470. The SMILES string of the molecule is NC(=O)CN(c1ccccc1)[C@H]1SC(=O)N(Cc2ccc(CN3C(=O)S[C@H](N(CC(N)=O)c4ccccc4)C3=O)cc2)C1=O. The van der Waals surface area contributed by atoms with Crippen LogP contribution in [0.5, 0.6) is 0 Å². The van der Waals surface area contributed by atoms with Gasteiger partial charge in [-0.05, 0) is 58.9 Å². The molecule has 3 aromatic rings. The van der Waals surface area contributed by atoms with Crippen LogP contribution >= 0.6 is 23.5 Å². The van der Waals surface area contributed by atoms with Crippen molar-refractivity contribution in [3.8, 4) is 0 Å². The van der Waals surface area contributed by atoms with Gasteiger partial charge >= 0.3 is 0 Å². The lowest BCUT2D eigenvalue weighted by atomic mass is 10.1. The van der Waals surface area contributed by atoms with Crippen LogP contribution in [0.2, 0.25) is 0 Å². The molecule has 2 aliphatic heterocycles. The first kappa shape index (κ1) is 30.6. The summed E-state index contributed by atoms with van der Waals surface area (Å²) < 4.78 is 0. The molecular formula is C30H28N6O6S2. The zero-order chi connectivity index (χ0) is 31.4. The van der Waals surface area contributed by atoms with Crippen LogP contribution in [0.15, 0.2) is 84.9 Å². The molecule has 2 aliphatic rings. The average Bonchev–Trinajstić information content (AvgIpc) is 3.45. The molecule has 6 amide bonds. The maximum absolute atomic E-state index is 13.3. The topological polar surface area (TPSA) is 167 Å². The van der Waals surface area contributed by atoms with E-state index in [1.54, 1.807) is 84.9 Å². The summed E-state index contributed by atoms with van der Waals surface area (Å²) in [6, 6.07) is 24.4. The molecule has 0 radical (unpaired) electrons. The fourth-order valence-electron chi connectivity index (χ4n) is 4.85. The number of para-hydroxylation sites is 2. The monoisotopic (exact) mass is 632 g/mol. The Morgan fingerprint density at radius 1 is 0.591 bits per heavy atom. The van der Waals surface area contributed by atoms with Gasteiger partial charge in [-0.15, -0.1) is 0 Å². The second-order valence-electron chi connectivity index (χ2n) is 10.00. The summed E-state index contributed by atoms with van der Waals surface area (Å²) in [7, 11) is 0. The van der Waals surface area contributed by atoms with Gasteiger partial charge < -0.3 is 21.3 Å². The Morgan fingerprint density at radius 3 is 1.25 bits per heavy atom. The second-order valence-corrected chi connectivity index (χ2v) is 12.1. The van der Waals surface area contributed by atoms with E-state index in [9.17, 15) is 28.8 Å². The Kier molecular flexibility index (Phi) is 9.20. The van der Waals surface area contributed by atoms with Crippen LogP contribution in [0, 0.1) is 0 Å². The standard InChI is InChI=1S/C30H28N6O6S2/c31-23(37)17-33(21-7-3-1-4-8-21)27-25(39)35(29(41)43-27)15-19-11-13-20(14-12-19)16-36-26(40)28(44-30(36)42)34(18-24(32)38)22-9-5-2-6-10-22/h1-14,27-28H,15-18H2,(H2,31,37)(H2,32,38)/t27-,28-/m0/s1. The number of carbonyl (C=O) groups excluding carboxylic acids is 6. The molecule has 0 aromatic heterocycles. The lowest BCUT2D eigenvalue weighted by Gasteiger charge is -2.27. The highest BCUT2D eigenvalue weighted by Gasteiger charge is 2.45. The van der Waals surface area contributed by atoms with Gasteiger partial charge in [-0.2, -0.15) is 0 Å². The molecule has 44 heavy (non-hydrogen) atoms. The summed E-state index contributed by atoms with van der Waals surface area (Å²) in [4.78, 5) is 81.1. The average molecular weight is 633 g/mol. The number of hydrogen-bond acceptors (Lipinski definition) is 10. The first-order chi connectivity index (χ1) is 21.1. The van der Waals surface area contributed by atoms with Crippen molar-refractivity contribution in [2.75, 3.05) is 22.9 Å². The first-order valence-corrected chi connectivity index (χ1v) is 15.2. The van der Waals surface area contributed by atoms with Crippen molar-refractivity contribution in [2.24, 2.45) is 11.5 Å². The third-order valence-electron chi connectivity index (χ3n) is 6.92. The Hall–Kier alpha value is -4.82. The van der Waals surface area contributed by atoms with Crippen molar-refractivity contribution < 1.29 is 28.8 Å². The van der Waals surface area contributed by atoms with Gasteiger partial charge in [0.25, 0.3) is 22.3 Å². The lowest BCUT2D eigenvalue weighted by Crippen LogP contribution is -2.45. The fourth-order valence-corrected chi connectivity index (χ4v) is 6.90. The summed E-state index contributed by atoms with van der Waals surface area (Å²) in [5, 5.41) is -2.80. The van der Waals surface area contributed by atoms with Crippen molar-refractivity contribution in [2.45, 2.75) is 23.8 Å². The van der Waals surface area contributed by atoms with E-state index in [0.29, 0.717) is 22.5 Å². The van der Waals surface area contributed by atoms with Crippen LogP contribution in [0.25, 0.3) is 0 Å². The molecule has 14 heteroatoms. The summed E-state index contributed by atoms with van der Waals surface area (Å²) in [6.45, 7) is -0.470. The number of primary amides is 2. The highest BCUT2D eigenvalue weighted by Crippen LogP contribution is 2.35. The zero-order valence-corrected chi connectivity index (χ0v) is 24.9. The largest absolute Gasteiger partial charge is 0.368 e. The van der Waals surface area contributed by atoms with Crippen LogP contribution in [0.4, 0.5) is 21.0 Å². The molecule has 3 aromatic carbocycles. The number of amides is 6. The summed E-state index contributed by atoms with van der Waals surface area (Å²) in [5.74, 6) is -2.21. The van der Waals surface area contributed by atoms with Gasteiger partial charge in [-0.1, -0.05) is 60.7 Å². The highest BCUT2D eigenvalue weighted by atomic mass is 32.2. The molecule has 2 saturated heterocycles. The van der Waals surface area contributed by atoms with E-state index in [-0.39, 0.29) is 26.2 Å². The predicted octanol–water partition coefficient (Wildman–Crippen LogP) is 2.71. The van der Waals surface area contributed by atoms with E-state index in [4.69, 9.17) is 11.5 Å². The minimum Gasteiger partial charge on any atom is -0.368 e. The molecule has 0 spiro atoms. The Morgan fingerprint density at radius 2 is 0.932 bits per heavy atom. The summed E-state index contributed by atoms with van der Waals surface area (Å²) in [5.41, 5.74) is 13.3. The third-order valence-corrected chi connectivity index (χ3v) is 9.12. The fraction of sp³-hybridized carbons (Fsp3) is 0.200. The van der Waals surface area contributed by atoms with Crippen molar-refractivity contribution in [1.82, 2.24) is 9.80 Å². The number of thioether (sulfide) groups is 2. The smallest absolute Gasteiger partial charge is 0.291 e. The zero-order valence-electron chi connectivity index (χ0n) is 23.3. The van der Waals surface area contributed by atoms with E-state index < -0.39 is 44.9 Å². The van der Waals surface area contributed by atoms with E-state index in [2.05, 4.69) is 0 Å². The number of rotatable bonds is 12. The van der Waals surface area contributed by atoms with E-state index in [1.165, 1.54) is 9.80 Å². The van der Waals surface area contributed by atoms with E-state index >= 15 is 0 Å². The molecular weight excluding hydrogens is 605 g/mol. The Labute approximate surface area is 261 Å². The van der Waals surface area contributed by atoms with Gasteiger partial charge in [-0.25, -0.2) is 0 Å². The van der Waals surface area contributed by atoms with Crippen molar-refractivity contribution in [3.63, 3.8) is 0 Å². The molecule has 226 valence electrons. The van der Waals surface area contributed by atoms with Crippen LogP contribution < -0.4 is 21.3 Å². The minimum absolute atomic E-state index is 0.000692. The highest BCUT2D eigenvalue weighted by molar-refractivity contribution is 8.15. The maximum Gasteiger partial charge on any atom is 0.291 e. The quantitative estimate of drug-likeness (QED) is 0.303. The summed E-state index contributed by atoms with van der Waals surface area (Å²) in [6.07, 6.45) is 0. The molecule has 12 nitrogen and oxygen atoms in total. The molecule has 2 fully saturated rings. The number of carbonyl (C=O) groups is 6. The molecule has 0 saturated carbocycles. The number of nitrogens with two attached hydrogens (primary N) is 2. The molecule has 0 bridgehead atoms. The van der Waals surface area contributed by atoms with Gasteiger partial charge in [0.05, 0.1) is 26.2 Å². The number of hydrogen-bond donors (Lipinski definition) is 2. The predicted molar refractivity (Wildman–Crippen MR) is 167 cm³/mol. The maximum atomic E-state index is 13.3. The van der Waals surface area contributed by atoms with Crippen LogP contribution in [0.3, 0.4) is 0 Å². The minimum atomic E-state index is -0.945. The van der Waals surface area contributed by atoms with Crippen LogP contribution in [0.1, 0.15) is 11.1 Å². The van der Waals surface area contributed by atoms with Gasteiger partial charge in [0.2, 0.25) is 11.8 Å². The number of nitrogens with zero attached hydrogens (tertiary/aromatic N) is 4. The summed E-state index contributed by atoms with van der Waals surface area (Å²) >= 11 is 1.63. The lowest BCUT2D eigenvalue weighted by molar-refractivity contribution is -0.128. The molecule has 0 unspecified atom stereocenters. The third kappa shape index (κ3) is 6.71. The molecule has 2 atom stereocenters. The van der Waals surface area contributed by atoms with Crippen molar-refractivity contribution in [3.05, 3.63) is 96.1 Å². The van der Waals surface area contributed by atoms with Crippen LogP contribution in [-0.4, -0.2) is 67.7 Å². The van der Waals surface area contributed by atoms with Crippen LogP contribution in [-0.2, 0) is 32.3 Å². The number of benzene rings is 3. The van der Waals surface area contributed by atoms with Gasteiger partial charge in [0.15, 0.2) is 10.7 Å². The van der Waals surface area contributed by atoms with Gasteiger partial charge in [0, 0.05) is 11.4 Å². The Balaban J connectivity index is 1.25. The number of anilines is 2. The molecule has 0 aliphatic carbocycles. The van der Waals surface area contributed by atoms with Crippen molar-refractivity contribution in [1.29, 1.82) is 0 Å². The van der Waals surface area contributed by atoms with E-state index in [0.717, 1.165) is 33.3 Å². The van der Waals surface area contributed by atoms with E-state index in [1.807, 2.05) is 0 Å². The normalized spacial score (nSPS) is 18.2. The molecule has 2 heterocycles. The first-order valence-electron chi connectivity index (χ1n) is 13.4. The van der Waals surface area contributed by atoms with Gasteiger partial charge in [0.1, 0.15) is 0 Å². The van der Waals surface area contributed by atoms with Gasteiger partial charge in [-0.3, -0.25) is 38.6 Å². The molecule has 4 N–H and O–H groups in total. The van der Waals surface area contributed by atoms with Crippen molar-refractivity contribution >= 4 is 69.0 Å². The molecule has 5 rings (SSSR count). The number of imide groups is 2.